The second kappa shape index (κ2) is 3.97. The van der Waals surface area contributed by atoms with Crippen LogP contribution >= 0.6 is 11.8 Å². The van der Waals surface area contributed by atoms with E-state index in [-0.39, 0.29) is 6.04 Å². The van der Waals surface area contributed by atoms with Crippen LogP contribution in [-0.2, 0) is 0 Å². The number of hydrogen-bond acceptors (Lipinski definition) is 2. The monoisotopic (exact) mass is 181 g/mol. The van der Waals surface area contributed by atoms with Gasteiger partial charge in [0.25, 0.3) is 0 Å². The Kier molecular flexibility index (Phi) is 3.18. The summed E-state index contributed by atoms with van der Waals surface area (Å²) < 4.78 is 0. The fourth-order valence-electron chi connectivity index (χ4n) is 1.24. The van der Waals surface area contributed by atoms with Crippen molar-refractivity contribution in [3.05, 3.63) is 29.3 Å². The highest BCUT2D eigenvalue weighted by atomic mass is 32.2. The lowest BCUT2D eigenvalue weighted by atomic mass is 10.0. The fraction of sp³-hybridized carbons (Fsp3) is 0.400. The first-order valence-corrected chi connectivity index (χ1v) is 5.27. The Labute approximate surface area is 78.4 Å². The van der Waals surface area contributed by atoms with Gasteiger partial charge in [0.2, 0.25) is 0 Å². The molecule has 0 heterocycles. The molecule has 2 heteroatoms. The van der Waals surface area contributed by atoms with Crippen LogP contribution in [0.25, 0.3) is 0 Å². The van der Waals surface area contributed by atoms with Gasteiger partial charge in [0.1, 0.15) is 0 Å². The second-order valence-electron chi connectivity index (χ2n) is 3.01. The summed E-state index contributed by atoms with van der Waals surface area (Å²) in [6.45, 7) is 4.12. The van der Waals surface area contributed by atoms with Gasteiger partial charge in [0.05, 0.1) is 0 Å². The lowest BCUT2D eigenvalue weighted by molar-refractivity contribution is 0.806. The van der Waals surface area contributed by atoms with Crippen molar-refractivity contribution in [2.75, 3.05) is 6.26 Å². The van der Waals surface area contributed by atoms with Gasteiger partial charge in [-0.3, -0.25) is 0 Å². The first-order chi connectivity index (χ1) is 5.65. The van der Waals surface area contributed by atoms with Crippen molar-refractivity contribution in [3.8, 4) is 0 Å². The number of rotatable bonds is 2. The summed E-state index contributed by atoms with van der Waals surface area (Å²) in [5.41, 5.74) is 8.36. The largest absolute Gasteiger partial charge is 0.324 e. The fourth-order valence-corrected chi connectivity index (χ4v) is 1.69. The molecule has 1 aromatic carbocycles. The van der Waals surface area contributed by atoms with Crippen LogP contribution in [0, 0.1) is 6.92 Å². The van der Waals surface area contributed by atoms with E-state index in [2.05, 4.69) is 31.4 Å². The molecular formula is C10H15NS. The van der Waals surface area contributed by atoms with Crippen molar-refractivity contribution in [3.63, 3.8) is 0 Å². The predicted molar refractivity (Wildman–Crippen MR) is 55.6 cm³/mol. The third-order valence-electron chi connectivity index (χ3n) is 1.98. The van der Waals surface area contributed by atoms with Crippen LogP contribution in [0.15, 0.2) is 23.1 Å². The molecule has 0 saturated heterocycles. The molecule has 0 aromatic heterocycles. The minimum Gasteiger partial charge on any atom is -0.324 e. The Balaban J connectivity index is 3.08. The molecule has 1 nitrogen and oxygen atoms in total. The van der Waals surface area contributed by atoms with Crippen LogP contribution < -0.4 is 5.73 Å². The van der Waals surface area contributed by atoms with E-state index in [1.165, 1.54) is 16.0 Å². The van der Waals surface area contributed by atoms with E-state index in [9.17, 15) is 0 Å². The minimum atomic E-state index is 0.136. The average Bonchev–Trinajstić information content (AvgIpc) is 2.05. The summed E-state index contributed by atoms with van der Waals surface area (Å²) in [5, 5.41) is 0. The molecule has 0 aliphatic rings. The Morgan fingerprint density at radius 1 is 1.42 bits per heavy atom. The highest BCUT2D eigenvalue weighted by molar-refractivity contribution is 7.98. The molecule has 2 N–H and O–H groups in total. The van der Waals surface area contributed by atoms with E-state index in [1.807, 2.05) is 6.92 Å². The maximum atomic E-state index is 5.83. The number of nitrogens with two attached hydrogens (primary N) is 1. The summed E-state index contributed by atoms with van der Waals surface area (Å²) in [7, 11) is 0. The molecule has 66 valence electrons. The van der Waals surface area contributed by atoms with E-state index in [1.54, 1.807) is 11.8 Å². The van der Waals surface area contributed by atoms with Crippen LogP contribution in [0.1, 0.15) is 24.1 Å². The third kappa shape index (κ3) is 2.02. The van der Waals surface area contributed by atoms with Gasteiger partial charge in [-0.2, -0.15) is 0 Å². The van der Waals surface area contributed by atoms with Crippen LogP contribution in [0.2, 0.25) is 0 Å². The summed E-state index contributed by atoms with van der Waals surface area (Å²) in [5.74, 6) is 0. The first kappa shape index (κ1) is 9.62. The number of thioether (sulfide) groups is 1. The molecule has 0 fully saturated rings. The molecule has 0 amide bonds. The molecule has 1 unspecified atom stereocenters. The molecule has 0 bridgehead atoms. The molecule has 1 rings (SSSR count). The van der Waals surface area contributed by atoms with E-state index in [0.717, 1.165) is 0 Å². The molecule has 0 spiro atoms. The zero-order chi connectivity index (χ0) is 9.14. The number of aryl methyl sites for hydroxylation is 1. The van der Waals surface area contributed by atoms with E-state index in [4.69, 9.17) is 5.73 Å². The van der Waals surface area contributed by atoms with Crippen LogP contribution in [-0.4, -0.2) is 6.26 Å². The standard InChI is InChI=1S/C10H15NS/c1-7-4-5-9(12-3)6-10(7)8(2)11/h4-6,8H,11H2,1-3H3. The molecule has 0 radical (unpaired) electrons. The highest BCUT2D eigenvalue weighted by Crippen LogP contribution is 2.22. The van der Waals surface area contributed by atoms with Gasteiger partial charge in [0.15, 0.2) is 0 Å². The van der Waals surface area contributed by atoms with Gasteiger partial charge in [-0.15, -0.1) is 11.8 Å². The van der Waals surface area contributed by atoms with Crippen LogP contribution in [0.3, 0.4) is 0 Å². The van der Waals surface area contributed by atoms with Crippen molar-refractivity contribution >= 4 is 11.8 Å². The van der Waals surface area contributed by atoms with E-state index < -0.39 is 0 Å². The van der Waals surface area contributed by atoms with Gasteiger partial charge < -0.3 is 5.73 Å². The summed E-state index contributed by atoms with van der Waals surface area (Å²) >= 11 is 1.75. The second-order valence-corrected chi connectivity index (χ2v) is 3.89. The van der Waals surface area contributed by atoms with Gasteiger partial charge in [0, 0.05) is 10.9 Å². The average molecular weight is 181 g/mol. The summed E-state index contributed by atoms with van der Waals surface area (Å²) in [6, 6.07) is 6.57. The molecule has 12 heavy (non-hydrogen) atoms. The zero-order valence-electron chi connectivity index (χ0n) is 7.79. The highest BCUT2D eigenvalue weighted by Gasteiger charge is 2.03. The smallest absolute Gasteiger partial charge is 0.0269 e. The number of hydrogen-bond donors (Lipinski definition) is 1. The molecule has 1 aromatic rings. The molecule has 0 aliphatic heterocycles. The van der Waals surface area contributed by atoms with Crippen molar-refractivity contribution < 1.29 is 0 Å². The van der Waals surface area contributed by atoms with Crippen molar-refractivity contribution in [1.29, 1.82) is 0 Å². The molecule has 1 atom stereocenters. The Hall–Kier alpha value is -0.470. The predicted octanol–water partition coefficient (Wildman–Crippen LogP) is 2.74. The van der Waals surface area contributed by atoms with Crippen LogP contribution in [0.5, 0.6) is 0 Å². The van der Waals surface area contributed by atoms with E-state index >= 15 is 0 Å². The zero-order valence-corrected chi connectivity index (χ0v) is 8.61. The lowest BCUT2D eigenvalue weighted by Crippen LogP contribution is -2.06. The maximum Gasteiger partial charge on any atom is 0.0269 e. The van der Waals surface area contributed by atoms with E-state index in [0.29, 0.717) is 0 Å². The molecule has 0 saturated carbocycles. The number of benzene rings is 1. The quantitative estimate of drug-likeness (QED) is 0.710. The van der Waals surface area contributed by atoms with Gasteiger partial charge >= 0.3 is 0 Å². The normalized spacial score (nSPS) is 13.0. The first-order valence-electron chi connectivity index (χ1n) is 4.05. The third-order valence-corrected chi connectivity index (χ3v) is 2.70. The minimum absolute atomic E-state index is 0.136. The van der Waals surface area contributed by atoms with Gasteiger partial charge in [-0.25, -0.2) is 0 Å². The maximum absolute atomic E-state index is 5.83. The Morgan fingerprint density at radius 2 is 2.08 bits per heavy atom. The van der Waals surface area contributed by atoms with Crippen LogP contribution in [0.4, 0.5) is 0 Å². The Bertz CT molecular complexity index is 269. The SMILES string of the molecule is CSc1ccc(C)c(C(C)N)c1. The lowest BCUT2D eigenvalue weighted by Gasteiger charge is -2.10. The van der Waals surface area contributed by atoms with Gasteiger partial charge in [-0.05, 0) is 43.4 Å². The van der Waals surface area contributed by atoms with Crippen molar-refractivity contribution in [1.82, 2.24) is 0 Å². The van der Waals surface area contributed by atoms with Gasteiger partial charge in [-0.1, -0.05) is 6.07 Å². The molecular weight excluding hydrogens is 166 g/mol. The van der Waals surface area contributed by atoms with Crippen molar-refractivity contribution in [2.24, 2.45) is 5.73 Å². The molecule has 0 aliphatic carbocycles. The topological polar surface area (TPSA) is 26.0 Å². The van der Waals surface area contributed by atoms with Crippen molar-refractivity contribution in [2.45, 2.75) is 24.8 Å². The summed E-state index contributed by atoms with van der Waals surface area (Å²) in [4.78, 5) is 1.29. The summed E-state index contributed by atoms with van der Waals surface area (Å²) in [6.07, 6.45) is 2.08. The Morgan fingerprint density at radius 3 is 2.58 bits per heavy atom.